The molecule has 4 heteroatoms. The third-order valence-electron chi connectivity index (χ3n) is 1.97. The molecule has 0 unspecified atom stereocenters. The molecule has 0 bridgehead atoms. The number of hydrogen-bond donors (Lipinski definition) is 2. The highest BCUT2D eigenvalue weighted by Crippen LogP contribution is 2.18. The lowest BCUT2D eigenvalue weighted by molar-refractivity contribution is 0.614. The molecule has 1 rings (SSSR count). The number of thioether (sulfide) groups is 1. The van der Waals surface area contributed by atoms with Crippen molar-refractivity contribution >= 4 is 17.6 Å². The number of amidine groups is 1. The van der Waals surface area contributed by atoms with E-state index in [1.165, 1.54) is 6.07 Å². The van der Waals surface area contributed by atoms with Crippen molar-refractivity contribution in [2.24, 2.45) is 5.73 Å². The predicted molar refractivity (Wildman–Crippen MR) is 63.9 cm³/mol. The van der Waals surface area contributed by atoms with Gasteiger partial charge in [0.1, 0.15) is 11.7 Å². The quantitative estimate of drug-likeness (QED) is 0.461. The Kier molecular flexibility index (Phi) is 4.62. The van der Waals surface area contributed by atoms with Gasteiger partial charge in [-0.2, -0.15) is 11.8 Å². The summed E-state index contributed by atoms with van der Waals surface area (Å²) in [6, 6.07) is 5.01. The van der Waals surface area contributed by atoms with E-state index in [9.17, 15) is 4.39 Å². The fourth-order valence-corrected chi connectivity index (χ4v) is 2.10. The SMILES string of the molecule is CCCSCc1cccc(C(=N)N)c1F. The van der Waals surface area contributed by atoms with Gasteiger partial charge in [-0.25, -0.2) is 4.39 Å². The highest BCUT2D eigenvalue weighted by atomic mass is 32.2. The van der Waals surface area contributed by atoms with E-state index in [4.69, 9.17) is 11.1 Å². The van der Waals surface area contributed by atoms with E-state index in [2.05, 4.69) is 6.92 Å². The summed E-state index contributed by atoms with van der Waals surface area (Å²) in [6.07, 6.45) is 1.08. The van der Waals surface area contributed by atoms with E-state index in [-0.39, 0.29) is 17.2 Å². The van der Waals surface area contributed by atoms with Crippen molar-refractivity contribution in [2.45, 2.75) is 19.1 Å². The Morgan fingerprint density at radius 3 is 2.87 bits per heavy atom. The number of nitrogens with one attached hydrogen (secondary N) is 1. The summed E-state index contributed by atoms with van der Waals surface area (Å²) in [5, 5.41) is 7.22. The average molecular weight is 226 g/mol. The lowest BCUT2D eigenvalue weighted by atomic mass is 10.1. The van der Waals surface area contributed by atoms with Crippen LogP contribution in [0.25, 0.3) is 0 Å². The van der Waals surface area contributed by atoms with Crippen LogP contribution in [0.3, 0.4) is 0 Å². The van der Waals surface area contributed by atoms with Crippen molar-refractivity contribution in [1.82, 2.24) is 0 Å². The number of halogens is 1. The van der Waals surface area contributed by atoms with Gasteiger partial charge >= 0.3 is 0 Å². The van der Waals surface area contributed by atoms with E-state index in [1.807, 2.05) is 0 Å². The van der Waals surface area contributed by atoms with Gasteiger partial charge in [-0.15, -0.1) is 0 Å². The molecule has 1 aromatic rings. The molecule has 2 nitrogen and oxygen atoms in total. The molecule has 0 amide bonds. The standard InChI is InChI=1S/C11H15FN2S/c1-2-6-15-7-8-4-3-5-9(10(8)12)11(13)14/h3-5H,2,6-7H2,1H3,(H3,13,14). The molecule has 0 spiro atoms. The Morgan fingerprint density at radius 2 is 2.27 bits per heavy atom. The Hall–Kier alpha value is -1.03. The lowest BCUT2D eigenvalue weighted by Crippen LogP contribution is -2.14. The number of rotatable bonds is 5. The summed E-state index contributed by atoms with van der Waals surface area (Å²) in [7, 11) is 0. The van der Waals surface area contributed by atoms with Crippen molar-refractivity contribution in [3.63, 3.8) is 0 Å². The van der Waals surface area contributed by atoms with Gasteiger partial charge in [0, 0.05) is 5.75 Å². The summed E-state index contributed by atoms with van der Waals surface area (Å²) in [5.74, 6) is 1.09. The van der Waals surface area contributed by atoms with Crippen molar-refractivity contribution < 1.29 is 4.39 Å². The van der Waals surface area contributed by atoms with E-state index < -0.39 is 0 Å². The molecule has 0 aliphatic heterocycles. The van der Waals surface area contributed by atoms with Gasteiger partial charge in [-0.05, 0) is 23.8 Å². The maximum Gasteiger partial charge on any atom is 0.138 e. The van der Waals surface area contributed by atoms with Crippen LogP contribution < -0.4 is 5.73 Å². The van der Waals surface area contributed by atoms with Crippen molar-refractivity contribution in [2.75, 3.05) is 5.75 Å². The molecule has 0 aromatic heterocycles. The maximum absolute atomic E-state index is 13.7. The van der Waals surface area contributed by atoms with Crippen LogP contribution in [0.1, 0.15) is 24.5 Å². The molecule has 0 fully saturated rings. The minimum Gasteiger partial charge on any atom is -0.384 e. The smallest absolute Gasteiger partial charge is 0.138 e. The van der Waals surface area contributed by atoms with E-state index in [1.54, 1.807) is 23.9 Å². The Morgan fingerprint density at radius 1 is 1.53 bits per heavy atom. The van der Waals surface area contributed by atoms with Gasteiger partial charge in [-0.1, -0.05) is 19.1 Å². The second-order valence-electron chi connectivity index (χ2n) is 3.24. The Labute approximate surface area is 93.6 Å². The molecular formula is C11H15FN2S. The van der Waals surface area contributed by atoms with Crippen LogP contribution in [0.5, 0.6) is 0 Å². The van der Waals surface area contributed by atoms with E-state index >= 15 is 0 Å². The number of benzene rings is 1. The zero-order chi connectivity index (χ0) is 11.3. The molecule has 15 heavy (non-hydrogen) atoms. The first-order valence-corrected chi connectivity index (χ1v) is 6.01. The lowest BCUT2D eigenvalue weighted by Gasteiger charge is -2.06. The van der Waals surface area contributed by atoms with Gasteiger partial charge in [0.25, 0.3) is 0 Å². The summed E-state index contributed by atoms with van der Waals surface area (Å²) >= 11 is 1.69. The molecular weight excluding hydrogens is 211 g/mol. The highest BCUT2D eigenvalue weighted by molar-refractivity contribution is 7.98. The van der Waals surface area contributed by atoms with Gasteiger partial charge in [0.2, 0.25) is 0 Å². The van der Waals surface area contributed by atoms with Crippen LogP contribution in [0, 0.1) is 11.2 Å². The topological polar surface area (TPSA) is 49.9 Å². The van der Waals surface area contributed by atoms with Crippen LogP contribution in [-0.4, -0.2) is 11.6 Å². The zero-order valence-corrected chi connectivity index (χ0v) is 9.53. The first-order chi connectivity index (χ1) is 7.16. The first kappa shape index (κ1) is 12.0. The van der Waals surface area contributed by atoms with Crippen LogP contribution in [0.2, 0.25) is 0 Å². The summed E-state index contributed by atoms with van der Waals surface area (Å²) < 4.78 is 13.7. The molecule has 0 saturated heterocycles. The van der Waals surface area contributed by atoms with Crippen molar-refractivity contribution in [3.8, 4) is 0 Å². The normalized spacial score (nSPS) is 10.3. The third-order valence-corrected chi connectivity index (χ3v) is 3.19. The molecule has 0 aliphatic rings. The van der Waals surface area contributed by atoms with Crippen LogP contribution in [0.4, 0.5) is 4.39 Å². The second kappa shape index (κ2) is 5.75. The summed E-state index contributed by atoms with van der Waals surface area (Å²) in [4.78, 5) is 0. The van der Waals surface area contributed by atoms with Gasteiger partial charge in [0.15, 0.2) is 0 Å². The number of nitrogens with two attached hydrogens (primary N) is 1. The predicted octanol–water partition coefficient (Wildman–Crippen LogP) is 2.75. The number of nitrogen functional groups attached to an aromatic ring is 1. The molecule has 0 aliphatic carbocycles. The van der Waals surface area contributed by atoms with Crippen LogP contribution >= 0.6 is 11.8 Å². The Balaban J connectivity index is 2.80. The minimum absolute atomic E-state index is 0.199. The van der Waals surface area contributed by atoms with Gasteiger partial charge in [0.05, 0.1) is 5.56 Å². The monoisotopic (exact) mass is 226 g/mol. The molecule has 1 aromatic carbocycles. The van der Waals surface area contributed by atoms with E-state index in [0.717, 1.165) is 12.2 Å². The van der Waals surface area contributed by atoms with E-state index in [0.29, 0.717) is 11.3 Å². The maximum atomic E-state index is 13.7. The fraction of sp³-hybridized carbons (Fsp3) is 0.364. The number of hydrogen-bond acceptors (Lipinski definition) is 2. The van der Waals surface area contributed by atoms with Crippen molar-refractivity contribution in [1.29, 1.82) is 5.41 Å². The first-order valence-electron chi connectivity index (χ1n) is 4.86. The molecule has 3 N–H and O–H groups in total. The fourth-order valence-electron chi connectivity index (χ4n) is 1.23. The zero-order valence-electron chi connectivity index (χ0n) is 8.72. The molecule has 0 saturated carbocycles. The second-order valence-corrected chi connectivity index (χ2v) is 4.35. The van der Waals surface area contributed by atoms with Crippen LogP contribution in [0.15, 0.2) is 18.2 Å². The Bertz CT molecular complexity index is 352. The molecule has 0 radical (unpaired) electrons. The third kappa shape index (κ3) is 3.23. The van der Waals surface area contributed by atoms with Crippen molar-refractivity contribution in [3.05, 3.63) is 35.1 Å². The summed E-state index contributed by atoms with van der Waals surface area (Å²) in [5.41, 5.74) is 6.10. The van der Waals surface area contributed by atoms with Crippen LogP contribution in [-0.2, 0) is 5.75 Å². The highest BCUT2D eigenvalue weighted by Gasteiger charge is 2.09. The largest absolute Gasteiger partial charge is 0.384 e. The molecule has 82 valence electrons. The molecule has 0 atom stereocenters. The minimum atomic E-state index is -0.353. The average Bonchev–Trinajstić information content (AvgIpc) is 2.20. The van der Waals surface area contributed by atoms with Gasteiger partial charge in [-0.3, -0.25) is 5.41 Å². The van der Waals surface area contributed by atoms with Gasteiger partial charge < -0.3 is 5.73 Å². The summed E-state index contributed by atoms with van der Waals surface area (Å²) in [6.45, 7) is 2.09. The molecule has 0 heterocycles.